The van der Waals surface area contributed by atoms with E-state index in [4.69, 9.17) is 0 Å². The summed E-state index contributed by atoms with van der Waals surface area (Å²) in [5, 5.41) is 0. The van der Waals surface area contributed by atoms with Crippen LogP contribution in [-0.2, 0) is 0 Å². The Kier molecular flexibility index (Phi) is 4.09. The molecule has 0 aromatic heterocycles. The molecule has 1 aliphatic heterocycles. The van der Waals surface area contributed by atoms with Crippen molar-refractivity contribution in [1.29, 1.82) is 0 Å². The standard InChI is InChI=1S/C21H26N2/c1-14-9-18(5)20(11-16(14)3)22-7-8-23(13-22)21-12-17(4)15(2)10-19(21)6/h9-12H,7-8H2,1-6H3. The van der Waals surface area contributed by atoms with Gasteiger partial charge in [-0.15, -0.1) is 0 Å². The highest BCUT2D eigenvalue weighted by atomic mass is 15.4. The summed E-state index contributed by atoms with van der Waals surface area (Å²) in [4.78, 5) is 4.52. The number of nitrogens with zero attached hydrogens (tertiary/aromatic N) is 2. The first-order valence-corrected chi connectivity index (χ1v) is 8.34. The highest BCUT2D eigenvalue weighted by Crippen LogP contribution is 2.32. The molecule has 1 fully saturated rings. The van der Waals surface area contributed by atoms with Gasteiger partial charge in [0.1, 0.15) is 0 Å². The van der Waals surface area contributed by atoms with Crippen LogP contribution in [0.4, 0.5) is 11.4 Å². The third kappa shape index (κ3) is 2.95. The molecular formula is C21H26N2. The fraction of sp³-hybridized carbons (Fsp3) is 0.381. The zero-order valence-electron chi connectivity index (χ0n) is 15.1. The normalized spacial score (nSPS) is 14.7. The molecule has 0 amide bonds. The van der Waals surface area contributed by atoms with E-state index in [0.717, 1.165) is 13.1 Å². The van der Waals surface area contributed by atoms with Crippen LogP contribution in [0.2, 0.25) is 0 Å². The van der Waals surface area contributed by atoms with Crippen LogP contribution in [0.3, 0.4) is 0 Å². The molecule has 0 unspecified atom stereocenters. The lowest BCUT2D eigenvalue weighted by atomic mass is 10.0. The summed E-state index contributed by atoms with van der Waals surface area (Å²) in [6.45, 7) is 18.6. The first-order valence-electron chi connectivity index (χ1n) is 8.34. The molecule has 1 aliphatic rings. The van der Waals surface area contributed by atoms with Gasteiger partial charge in [0.25, 0.3) is 0 Å². The fourth-order valence-electron chi connectivity index (χ4n) is 3.27. The van der Waals surface area contributed by atoms with Crippen molar-refractivity contribution < 1.29 is 0 Å². The van der Waals surface area contributed by atoms with Gasteiger partial charge in [-0.1, -0.05) is 12.1 Å². The maximum atomic E-state index is 3.57. The summed E-state index contributed by atoms with van der Waals surface area (Å²) < 4.78 is 0. The predicted molar refractivity (Wildman–Crippen MR) is 99.2 cm³/mol. The molecule has 3 rings (SSSR count). The van der Waals surface area contributed by atoms with E-state index in [0.29, 0.717) is 0 Å². The Bertz CT molecular complexity index is 682. The highest BCUT2D eigenvalue weighted by molar-refractivity contribution is 5.65. The molecule has 0 bridgehead atoms. The SMILES string of the molecule is Cc1cc(C)c(N2[C]N(c3cc(C)c(C)cc3C)CC2)cc1C. The molecule has 23 heavy (non-hydrogen) atoms. The van der Waals surface area contributed by atoms with E-state index in [1.54, 1.807) is 0 Å². The smallest absolute Gasteiger partial charge is 0.208 e. The summed E-state index contributed by atoms with van der Waals surface area (Å²) in [6, 6.07) is 9.12. The molecular weight excluding hydrogens is 280 g/mol. The number of benzene rings is 2. The van der Waals surface area contributed by atoms with Gasteiger partial charge in [0.15, 0.2) is 0 Å². The van der Waals surface area contributed by atoms with Crippen LogP contribution < -0.4 is 9.80 Å². The first kappa shape index (κ1) is 15.9. The van der Waals surface area contributed by atoms with Crippen LogP contribution in [0.1, 0.15) is 33.4 Å². The number of rotatable bonds is 2. The lowest BCUT2D eigenvalue weighted by molar-refractivity contribution is 1.01. The Morgan fingerprint density at radius 2 is 0.913 bits per heavy atom. The maximum Gasteiger partial charge on any atom is 0.208 e. The van der Waals surface area contributed by atoms with Crippen molar-refractivity contribution in [3.63, 3.8) is 0 Å². The lowest BCUT2D eigenvalue weighted by Gasteiger charge is -2.23. The molecule has 0 aliphatic carbocycles. The summed E-state index contributed by atoms with van der Waals surface area (Å²) in [6.07, 6.45) is 0. The Morgan fingerprint density at radius 3 is 1.30 bits per heavy atom. The van der Waals surface area contributed by atoms with E-state index in [-0.39, 0.29) is 0 Å². The van der Waals surface area contributed by atoms with E-state index in [9.17, 15) is 0 Å². The van der Waals surface area contributed by atoms with Gasteiger partial charge in [-0.05, 0) is 87.1 Å². The molecule has 0 saturated carbocycles. The van der Waals surface area contributed by atoms with E-state index < -0.39 is 0 Å². The van der Waals surface area contributed by atoms with Gasteiger partial charge >= 0.3 is 0 Å². The Balaban J connectivity index is 1.87. The van der Waals surface area contributed by atoms with Crippen LogP contribution in [0.15, 0.2) is 24.3 Å². The van der Waals surface area contributed by atoms with Crippen LogP contribution in [0, 0.1) is 48.2 Å². The number of anilines is 2. The molecule has 2 radical (unpaired) electrons. The first-order chi connectivity index (χ1) is 10.9. The molecule has 2 aromatic carbocycles. The summed E-state index contributed by atoms with van der Waals surface area (Å²) >= 11 is 0. The zero-order valence-corrected chi connectivity index (χ0v) is 15.1. The van der Waals surface area contributed by atoms with Gasteiger partial charge in [-0.3, -0.25) is 0 Å². The summed E-state index contributed by atoms with van der Waals surface area (Å²) in [5.74, 6) is 0. The predicted octanol–water partition coefficient (Wildman–Crippen LogP) is 4.86. The van der Waals surface area contributed by atoms with Crippen LogP contribution in [-0.4, -0.2) is 13.1 Å². The molecule has 2 nitrogen and oxygen atoms in total. The molecule has 0 atom stereocenters. The van der Waals surface area contributed by atoms with Gasteiger partial charge in [0, 0.05) is 24.5 Å². The highest BCUT2D eigenvalue weighted by Gasteiger charge is 2.25. The molecule has 2 aromatic rings. The van der Waals surface area contributed by atoms with Gasteiger partial charge < -0.3 is 9.80 Å². The minimum absolute atomic E-state index is 0.982. The molecule has 120 valence electrons. The van der Waals surface area contributed by atoms with Crippen molar-refractivity contribution >= 4 is 11.4 Å². The summed E-state index contributed by atoms with van der Waals surface area (Å²) in [7, 11) is 0. The number of hydrogen-bond donors (Lipinski definition) is 0. The lowest BCUT2D eigenvalue weighted by Crippen LogP contribution is -2.20. The number of aryl methyl sites for hydroxylation is 6. The monoisotopic (exact) mass is 306 g/mol. The zero-order chi connectivity index (χ0) is 16.7. The summed E-state index contributed by atoms with van der Waals surface area (Å²) in [5.41, 5.74) is 10.6. The van der Waals surface area contributed by atoms with Crippen molar-refractivity contribution in [1.82, 2.24) is 0 Å². The largest absolute Gasteiger partial charge is 0.339 e. The second-order valence-electron chi connectivity index (χ2n) is 6.85. The van der Waals surface area contributed by atoms with Crippen molar-refractivity contribution in [2.75, 3.05) is 22.9 Å². The van der Waals surface area contributed by atoms with Crippen molar-refractivity contribution in [2.24, 2.45) is 0 Å². The second-order valence-corrected chi connectivity index (χ2v) is 6.85. The van der Waals surface area contributed by atoms with Gasteiger partial charge in [-0.2, -0.15) is 0 Å². The second kappa shape index (κ2) is 5.92. The third-order valence-corrected chi connectivity index (χ3v) is 4.99. The molecule has 0 spiro atoms. The van der Waals surface area contributed by atoms with Crippen LogP contribution >= 0.6 is 0 Å². The average Bonchev–Trinajstić information content (AvgIpc) is 2.96. The van der Waals surface area contributed by atoms with Gasteiger partial charge in [0.2, 0.25) is 6.67 Å². The topological polar surface area (TPSA) is 6.48 Å². The maximum absolute atomic E-state index is 3.57. The van der Waals surface area contributed by atoms with E-state index >= 15 is 0 Å². The Labute approximate surface area is 140 Å². The van der Waals surface area contributed by atoms with E-state index in [1.165, 1.54) is 44.8 Å². The molecule has 0 N–H and O–H groups in total. The van der Waals surface area contributed by atoms with Crippen molar-refractivity contribution in [2.45, 2.75) is 41.5 Å². The van der Waals surface area contributed by atoms with Crippen LogP contribution in [0.25, 0.3) is 0 Å². The Hall–Kier alpha value is -1.96. The molecule has 2 heteroatoms. The minimum atomic E-state index is 0.982. The van der Waals surface area contributed by atoms with Crippen molar-refractivity contribution in [3.05, 3.63) is 64.3 Å². The minimum Gasteiger partial charge on any atom is -0.339 e. The average molecular weight is 306 g/mol. The molecule has 1 heterocycles. The van der Waals surface area contributed by atoms with E-state index in [2.05, 4.69) is 82.3 Å². The quantitative estimate of drug-likeness (QED) is 0.782. The van der Waals surface area contributed by atoms with Gasteiger partial charge in [-0.25, -0.2) is 0 Å². The van der Waals surface area contributed by atoms with E-state index in [1.807, 2.05) is 0 Å². The van der Waals surface area contributed by atoms with Crippen LogP contribution in [0.5, 0.6) is 0 Å². The van der Waals surface area contributed by atoms with Crippen molar-refractivity contribution in [3.8, 4) is 0 Å². The number of hydrogen-bond acceptors (Lipinski definition) is 2. The Morgan fingerprint density at radius 1 is 0.565 bits per heavy atom. The van der Waals surface area contributed by atoms with Gasteiger partial charge in [0.05, 0.1) is 0 Å². The molecule has 1 saturated heterocycles. The fourth-order valence-corrected chi connectivity index (χ4v) is 3.27. The third-order valence-electron chi connectivity index (χ3n) is 4.99.